The third kappa shape index (κ3) is 3.80. The van der Waals surface area contributed by atoms with Gasteiger partial charge in [-0.15, -0.1) is 24.8 Å². The van der Waals surface area contributed by atoms with E-state index in [1.807, 2.05) is 0 Å². The molecule has 152 valence electrons. The molecule has 2 saturated heterocycles. The number of likely N-dealkylation sites (tertiary alicyclic amines) is 1. The van der Waals surface area contributed by atoms with Crippen LogP contribution in [0.5, 0.6) is 5.75 Å². The van der Waals surface area contributed by atoms with Crippen molar-refractivity contribution in [2.45, 2.75) is 24.8 Å². The summed E-state index contributed by atoms with van der Waals surface area (Å²) < 4.78 is 5.32. The molecule has 3 atom stereocenters. The molecule has 3 aliphatic rings. The molecule has 7 heteroatoms. The molecule has 5 nitrogen and oxygen atoms in total. The van der Waals surface area contributed by atoms with Gasteiger partial charge in [0.05, 0.1) is 7.11 Å². The van der Waals surface area contributed by atoms with Gasteiger partial charge in [-0.05, 0) is 43.5 Å². The van der Waals surface area contributed by atoms with Crippen molar-refractivity contribution < 1.29 is 4.74 Å². The van der Waals surface area contributed by atoms with Crippen molar-refractivity contribution in [1.29, 1.82) is 0 Å². The highest BCUT2D eigenvalue weighted by molar-refractivity contribution is 5.85. The highest BCUT2D eigenvalue weighted by Gasteiger charge is 2.46. The van der Waals surface area contributed by atoms with Gasteiger partial charge in [-0.25, -0.2) is 9.97 Å². The summed E-state index contributed by atoms with van der Waals surface area (Å²) in [6.45, 7) is 3.33. The van der Waals surface area contributed by atoms with Crippen LogP contribution in [0.4, 0.5) is 5.82 Å². The van der Waals surface area contributed by atoms with Crippen LogP contribution in [-0.2, 0) is 0 Å². The van der Waals surface area contributed by atoms with Crippen molar-refractivity contribution in [2.75, 3.05) is 38.7 Å². The molecule has 0 amide bonds. The Labute approximate surface area is 179 Å². The first-order valence-electron chi connectivity index (χ1n) is 9.64. The zero-order valence-corrected chi connectivity index (χ0v) is 18.0. The van der Waals surface area contributed by atoms with Crippen LogP contribution in [0, 0.1) is 11.8 Å². The zero-order chi connectivity index (χ0) is 17.7. The number of hydrogen-bond acceptors (Lipinski definition) is 5. The second kappa shape index (κ2) is 8.44. The number of methoxy groups -OCH3 is 1. The van der Waals surface area contributed by atoms with E-state index in [4.69, 9.17) is 4.74 Å². The Bertz CT molecular complexity index is 799. The lowest BCUT2D eigenvalue weighted by atomic mass is 9.89. The lowest BCUT2D eigenvalue weighted by molar-refractivity contribution is 0.279. The van der Waals surface area contributed by atoms with Crippen LogP contribution in [0.3, 0.4) is 0 Å². The summed E-state index contributed by atoms with van der Waals surface area (Å²) in [5, 5.41) is 0. The van der Waals surface area contributed by atoms with E-state index in [1.165, 1.54) is 24.1 Å². The second-order valence-corrected chi connectivity index (χ2v) is 8.06. The lowest BCUT2D eigenvalue weighted by Gasteiger charge is -2.27. The summed E-state index contributed by atoms with van der Waals surface area (Å²) in [7, 11) is 3.98. The molecular weight excluding hydrogens is 395 g/mol. The Hall–Kier alpha value is -1.56. The van der Waals surface area contributed by atoms with E-state index in [-0.39, 0.29) is 24.8 Å². The van der Waals surface area contributed by atoms with Crippen LogP contribution in [0.15, 0.2) is 36.7 Å². The van der Waals surface area contributed by atoms with Gasteiger partial charge >= 0.3 is 0 Å². The van der Waals surface area contributed by atoms with Crippen LogP contribution in [0.1, 0.15) is 36.1 Å². The number of aromatic nitrogens is 2. The second-order valence-electron chi connectivity index (χ2n) is 8.06. The Morgan fingerprint density at radius 1 is 1.00 bits per heavy atom. The molecule has 28 heavy (non-hydrogen) atoms. The number of halogens is 2. The van der Waals surface area contributed by atoms with E-state index >= 15 is 0 Å². The summed E-state index contributed by atoms with van der Waals surface area (Å²) >= 11 is 0. The Morgan fingerprint density at radius 2 is 1.75 bits per heavy atom. The van der Waals surface area contributed by atoms with E-state index in [2.05, 4.69) is 57.1 Å². The standard InChI is InChI=1S/C21H26N4O.2ClH/c1-24-10-16-11-25(20-9-19(14-3-4-14)22-13-23-20)12-18(16)21(24)15-5-7-17(26-2)8-6-15;;/h5-9,13-14,16,18,21H,3-4,10-12H2,1-2H3;2*1H/t16-,18+,21+;;/m0../s1. The van der Waals surface area contributed by atoms with Crippen LogP contribution in [-0.4, -0.2) is 48.7 Å². The van der Waals surface area contributed by atoms with Crippen LogP contribution in [0.2, 0.25) is 0 Å². The normalized spacial score (nSPS) is 26.4. The zero-order valence-electron chi connectivity index (χ0n) is 16.3. The molecule has 0 spiro atoms. The van der Waals surface area contributed by atoms with Gasteiger partial charge in [0.1, 0.15) is 17.9 Å². The summed E-state index contributed by atoms with van der Waals surface area (Å²) in [6, 6.07) is 11.3. The first-order valence-corrected chi connectivity index (χ1v) is 9.64. The van der Waals surface area contributed by atoms with Gasteiger partial charge in [0.25, 0.3) is 0 Å². The maximum Gasteiger partial charge on any atom is 0.132 e. The Balaban J connectivity index is 0.00000112. The van der Waals surface area contributed by atoms with Gasteiger partial charge in [0, 0.05) is 49.3 Å². The number of ether oxygens (including phenoxy) is 1. The van der Waals surface area contributed by atoms with Crippen molar-refractivity contribution in [3.05, 3.63) is 47.9 Å². The SMILES string of the molecule is COc1ccc([C@@H]2[C@@H]3CN(c4cc(C5CC5)ncn4)C[C@@H]3CN2C)cc1.Cl.Cl. The van der Waals surface area contributed by atoms with Crippen LogP contribution < -0.4 is 9.64 Å². The van der Waals surface area contributed by atoms with Crippen LogP contribution >= 0.6 is 24.8 Å². The molecule has 5 rings (SSSR count). The molecule has 0 bridgehead atoms. The lowest BCUT2D eigenvalue weighted by Crippen LogP contribution is -2.29. The topological polar surface area (TPSA) is 41.5 Å². The smallest absolute Gasteiger partial charge is 0.132 e. The van der Waals surface area contributed by atoms with E-state index < -0.39 is 0 Å². The predicted octanol–water partition coefficient (Wildman–Crippen LogP) is 3.95. The molecule has 0 N–H and O–H groups in total. The quantitative estimate of drug-likeness (QED) is 0.745. The highest BCUT2D eigenvalue weighted by atomic mass is 35.5. The van der Waals surface area contributed by atoms with E-state index in [1.54, 1.807) is 13.4 Å². The van der Waals surface area contributed by atoms with Crippen molar-refractivity contribution in [3.8, 4) is 5.75 Å². The van der Waals surface area contributed by atoms with Crippen molar-refractivity contribution in [1.82, 2.24) is 14.9 Å². The van der Waals surface area contributed by atoms with Crippen molar-refractivity contribution in [2.24, 2.45) is 11.8 Å². The fraction of sp³-hybridized carbons (Fsp3) is 0.524. The fourth-order valence-electron chi connectivity index (χ4n) is 4.88. The van der Waals surface area contributed by atoms with Gasteiger partial charge in [-0.1, -0.05) is 12.1 Å². The predicted molar refractivity (Wildman–Crippen MR) is 116 cm³/mol. The minimum atomic E-state index is 0. The van der Waals surface area contributed by atoms with Crippen LogP contribution in [0.25, 0.3) is 0 Å². The number of nitrogens with zero attached hydrogens (tertiary/aromatic N) is 4. The molecule has 0 radical (unpaired) electrons. The van der Waals surface area contributed by atoms with Gasteiger partial charge in [-0.2, -0.15) is 0 Å². The third-order valence-electron chi connectivity index (χ3n) is 6.35. The first-order chi connectivity index (χ1) is 12.7. The maximum absolute atomic E-state index is 5.32. The van der Waals surface area contributed by atoms with Crippen molar-refractivity contribution >= 4 is 30.6 Å². The molecule has 1 aliphatic carbocycles. The molecule has 2 aromatic rings. The average molecular weight is 423 g/mol. The summed E-state index contributed by atoms with van der Waals surface area (Å²) in [5.74, 6) is 4.07. The highest BCUT2D eigenvalue weighted by Crippen LogP contribution is 2.45. The minimum Gasteiger partial charge on any atom is -0.497 e. The fourth-order valence-corrected chi connectivity index (χ4v) is 4.88. The molecule has 0 unspecified atom stereocenters. The van der Waals surface area contributed by atoms with E-state index in [0.717, 1.165) is 31.2 Å². The molecule has 1 aromatic heterocycles. The number of rotatable bonds is 4. The summed E-state index contributed by atoms with van der Waals surface area (Å²) in [6.07, 6.45) is 4.32. The largest absolute Gasteiger partial charge is 0.497 e. The monoisotopic (exact) mass is 422 g/mol. The molecule has 3 heterocycles. The number of hydrogen-bond donors (Lipinski definition) is 0. The number of anilines is 1. The first kappa shape index (κ1) is 21.2. The van der Waals surface area contributed by atoms with Gasteiger partial charge in [0.15, 0.2) is 0 Å². The van der Waals surface area contributed by atoms with E-state index in [9.17, 15) is 0 Å². The molecular formula is C21H28Cl2N4O. The molecule has 1 saturated carbocycles. The Morgan fingerprint density at radius 3 is 2.43 bits per heavy atom. The van der Waals surface area contributed by atoms with Gasteiger partial charge in [-0.3, -0.25) is 4.90 Å². The maximum atomic E-state index is 5.32. The van der Waals surface area contributed by atoms with Crippen molar-refractivity contribution in [3.63, 3.8) is 0 Å². The summed E-state index contributed by atoms with van der Waals surface area (Å²) in [4.78, 5) is 14.1. The summed E-state index contributed by atoms with van der Waals surface area (Å²) in [5.41, 5.74) is 2.62. The molecule has 2 aliphatic heterocycles. The van der Waals surface area contributed by atoms with E-state index in [0.29, 0.717) is 23.8 Å². The number of benzene rings is 1. The van der Waals surface area contributed by atoms with Gasteiger partial charge < -0.3 is 9.64 Å². The third-order valence-corrected chi connectivity index (χ3v) is 6.35. The molecule has 3 fully saturated rings. The minimum absolute atomic E-state index is 0. The number of fused-ring (bicyclic) bond motifs is 1. The Kier molecular flexibility index (Phi) is 6.37. The molecule has 1 aromatic carbocycles. The van der Waals surface area contributed by atoms with Gasteiger partial charge in [0.2, 0.25) is 0 Å². The average Bonchev–Trinajstić information content (AvgIpc) is 3.38.